The SMILES string of the molecule is Cc1ccc2c(c1)CC(CC1(CN)CCCCCCC1)O2. The molecule has 2 heteroatoms. The third-order valence-electron chi connectivity index (χ3n) is 5.47. The predicted molar refractivity (Wildman–Crippen MR) is 87.7 cm³/mol. The van der Waals surface area contributed by atoms with Crippen LogP contribution in [0.4, 0.5) is 0 Å². The Balaban J connectivity index is 1.67. The highest BCUT2D eigenvalue weighted by molar-refractivity contribution is 5.40. The lowest BCUT2D eigenvalue weighted by atomic mass is 9.72. The number of fused-ring (bicyclic) bond motifs is 1. The normalized spacial score (nSPS) is 24.8. The van der Waals surface area contributed by atoms with Crippen molar-refractivity contribution in [3.63, 3.8) is 0 Å². The van der Waals surface area contributed by atoms with E-state index >= 15 is 0 Å². The molecule has 21 heavy (non-hydrogen) atoms. The van der Waals surface area contributed by atoms with Gasteiger partial charge in [-0.3, -0.25) is 0 Å². The Kier molecular flexibility index (Phi) is 4.54. The predicted octanol–water partition coefficient (Wildman–Crippen LogP) is 4.38. The summed E-state index contributed by atoms with van der Waals surface area (Å²) in [7, 11) is 0. The van der Waals surface area contributed by atoms with E-state index in [2.05, 4.69) is 25.1 Å². The average molecular weight is 287 g/mol. The quantitative estimate of drug-likeness (QED) is 0.895. The highest BCUT2D eigenvalue weighted by Crippen LogP contribution is 2.41. The van der Waals surface area contributed by atoms with Crippen molar-refractivity contribution in [2.24, 2.45) is 11.1 Å². The van der Waals surface area contributed by atoms with Crippen LogP contribution in [0.25, 0.3) is 0 Å². The molecule has 2 nitrogen and oxygen atoms in total. The van der Waals surface area contributed by atoms with Crippen molar-refractivity contribution in [2.45, 2.75) is 70.8 Å². The smallest absolute Gasteiger partial charge is 0.123 e. The summed E-state index contributed by atoms with van der Waals surface area (Å²) in [5.41, 5.74) is 9.25. The molecule has 1 aromatic rings. The molecule has 0 saturated heterocycles. The number of nitrogens with two attached hydrogens (primary N) is 1. The minimum atomic E-state index is 0.322. The van der Waals surface area contributed by atoms with Crippen LogP contribution in [0, 0.1) is 12.3 Å². The van der Waals surface area contributed by atoms with E-state index in [1.165, 1.54) is 56.1 Å². The Bertz CT molecular complexity index is 474. The van der Waals surface area contributed by atoms with Gasteiger partial charge in [0.25, 0.3) is 0 Å². The van der Waals surface area contributed by atoms with Crippen molar-refractivity contribution in [3.8, 4) is 5.75 Å². The average Bonchev–Trinajstić information content (AvgIpc) is 2.83. The molecule has 1 atom stereocenters. The topological polar surface area (TPSA) is 35.2 Å². The van der Waals surface area contributed by atoms with Crippen LogP contribution in [0.5, 0.6) is 5.75 Å². The largest absolute Gasteiger partial charge is 0.490 e. The fraction of sp³-hybridized carbons (Fsp3) is 0.684. The van der Waals surface area contributed by atoms with E-state index in [1.54, 1.807) is 0 Å². The first-order chi connectivity index (χ1) is 10.2. The highest BCUT2D eigenvalue weighted by atomic mass is 16.5. The summed E-state index contributed by atoms with van der Waals surface area (Å²) in [4.78, 5) is 0. The maximum Gasteiger partial charge on any atom is 0.123 e. The van der Waals surface area contributed by atoms with E-state index < -0.39 is 0 Å². The first-order valence-electron chi connectivity index (χ1n) is 8.67. The van der Waals surface area contributed by atoms with Gasteiger partial charge < -0.3 is 10.5 Å². The Hall–Kier alpha value is -1.02. The molecule has 2 N–H and O–H groups in total. The van der Waals surface area contributed by atoms with Crippen molar-refractivity contribution < 1.29 is 4.74 Å². The molecule has 0 radical (unpaired) electrons. The van der Waals surface area contributed by atoms with Crippen LogP contribution in [0.3, 0.4) is 0 Å². The van der Waals surface area contributed by atoms with Crippen molar-refractivity contribution in [1.82, 2.24) is 0 Å². The van der Waals surface area contributed by atoms with Crippen LogP contribution >= 0.6 is 0 Å². The molecule has 1 heterocycles. The molecule has 0 amide bonds. The summed E-state index contributed by atoms with van der Waals surface area (Å²) in [6.45, 7) is 2.98. The molecule has 1 aliphatic carbocycles. The summed E-state index contributed by atoms with van der Waals surface area (Å²) in [5.74, 6) is 1.10. The van der Waals surface area contributed by atoms with E-state index in [4.69, 9.17) is 10.5 Å². The fourth-order valence-corrected chi connectivity index (χ4v) is 4.19. The Labute approximate surface area is 129 Å². The summed E-state index contributed by atoms with van der Waals surface area (Å²) >= 11 is 0. The minimum Gasteiger partial charge on any atom is -0.490 e. The van der Waals surface area contributed by atoms with Gasteiger partial charge in [-0.1, -0.05) is 49.8 Å². The lowest BCUT2D eigenvalue weighted by molar-refractivity contribution is 0.112. The summed E-state index contributed by atoms with van der Waals surface area (Å²) < 4.78 is 6.21. The minimum absolute atomic E-state index is 0.322. The molecule has 1 unspecified atom stereocenters. The maximum absolute atomic E-state index is 6.21. The Morgan fingerprint density at radius 3 is 2.57 bits per heavy atom. The van der Waals surface area contributed by atoms with Crippen molar-refractivity contribution in [3.05, 3.63) is 29.3 Å². The van der Waals surface area contributed by atoms with Gasteiger partial charge in [0.05, 0.1) is 0 Å². The highest BCUT2D eigenvalue weighted by Gasteiger charge is 2.35. The van der Waals surface area contributed by atoms with Crippen molar-refractivity contribution >= 4 is 0 Å². The van der Waals surface area contributed by atoms with Crippen molar-refractivity contribution in [1.29, 1.82) is 0 Å². The molecule has 1 aromatic carbocycles. The molecule has 1 aliphatic heterocycles. The standard InChI is InChI=1S/C19H29NO/c1-15-7-8-18-16(11-15)12-17(21-18)13-19(14-20)9-5-3-2-4-6-10-19/h7-8,11,17H,2-6,9-10,12-14,20H2,1H3. The number of ether oxygens (including phenoxy) is 1. The van der Waals surface area contributed by atoms with Gasteiger partial charge in [0.15, 0.2) is 0 Å². The molecule has 0 aromatic heterocycles. The zero-order chi connectivity index (χ0) is 14.7. The molecular formula is C19H29NO. The second-order valence-corrected chi connectivity index (χ2v) is 7.23. The molecule has 0 spiro atoms. The molecule has 3 rings (SSSR count). The van der Waals surface area contributed by atoms with Crippen molar-refractivity contribution in [2.75, 3.05) is 6.54 Å². The van der Waals surface area contributed by atoms with E-state index in [9.17, 15) is 0 Å². The summed E-state index contributed by atoms with van der Waals surface area (Å²) in [6, 6.07) is 6.57. The van der Waals surface area contributed by atoms with Gasteiger partial charge >= 0.3 is 0 Å². The van der Waals surface area contributed by atoms with Gasteiger partial charge in [0.2, 0.25) is 0 Å². The molecule has 1 saturated carbocycles. The summed E-state index contributed by atoms with van der Waals surface area (Å²) in [5, 5.41) is 0. The zero-order valence-electron chi connectivity index (χ0n) is 13.4. The van der Waals surface area contributed by atoms with E-state index in [1.807, 2.05) is 0 Å². The Morgan fingerprint density at radius 2 is 1.86 bits per heavy atom. The van der Waals surface area contributed by atoms with Gasteiger partial charge in [-0.2, -0.15) is 0 Å². The van der Waals surface area contributed by atoms with Gasteiger partial charge in [-0.05, 0) is 49.8 Å². The molecule has 2 aliphatic rings. The van der Waals surface area contributed by atoms with Gasteiger partial charge in [-0.25, -0.2) is 0 Å². The van der Waals surface area contributed by atoms with E-state index in [-0.39, 0.29) is 0 Å². The lowest BCUT2D eigenvalue weighted by Crippen LogP contribution is -2.36. The number of benzene rings is 1. The van der Waals surface area contributed by atoms with Crippen LogP contribution in [-0.2, 0) is 6.42 Å². The second-order valence-electron chi connectivity index (χ2n) is 7.23. The van der Waals surface area contributed by atoms with Gasteiger partial charge in [0, 0.05) is 6.42 Å². The first kappa shape index (κ1) is 14.9. The monoisotopic (exact) mass is 287 g/mol. The first-order valence-corrected chi connectivity index (χ1v) is 8.67. The number of hydrogen-bond donors (Lipinski definition) is 1. The van der Waals surface area contributed by atoms with Crippen LogP contribution in [0.15, 0.2) is 18.2 Å². The van der Waals surface area contributed by atoms with Crippen LogP contribution in [0.2, 0.25) is 0 Å². The molecular weight excluding hydrogens is 258 g/mol. The number of hydrogen-bond acceptors (Lipinski definition) is 2. The summed E-state index contributed by atoms with van der Waals surface area (Å²) in [6.07, 6.45) is 12.0. The van der Waals surface area contributed by atoms with Crippen LogP contribution in [-0.4, -0.2) is 12.6 Å². The molecule has 0 bridgehead atoms. The zero-order valence-corrected chi connectivity index (χ0v) is 13.4. The van der Waals surface area contributed by atoms with E-state index in [0.717, 1.165) is 25.1 Å². The Morgan fingerprint density at radius 1 is 1.14 bits per heavy atom. The van der Waals surface area contributed by atoms with Gasteiger partial charge in [0.1, 0.15) is 11.9 Å². The third-order valence-corrected chi connectivity index (χ3v) is 5.47. The van der Waals surface area contributed by atoms with E-state index in [0.29, 0.717) is 11.5 Å². The fourth-order valence-electron chi connectivity index (χ4n) is 4.19. The van der Waals surface area contributed by atoms with Crippen LogP contribution in [0.1, 0.15) is 62.5 Å². The number of rotatable bonds is 3. The molecule has 116 valence electrons. The van der Waals surface area contributed by atoms with Crippen LogP contribution < -0.4 is 10.5 Å². The van der Waals surface area contributed by atoms with Gasteiger partial charge in [-0.15, -0.1) is 0 Å². The second kappa shape index (κ2) is 6.39. The maximum atomic E-state index is 6.21. The number of aryl methyl sites for hydroxylation is 1. The third kappa shape index (κ3) is 3.42. The molecule has 1 fully saturated rings. The lowest BCUT2D eigenvalue weighted by Gasteiger charge is -2.36.